The zero-order chi connectivity index (χ0) is 52.7. The lowest BCUT2D eigenvalue weighted by Crippen LogP contribution is -2.51. The molecule has 0 aliphatic carbocycles. The first-order valence-corrected chi connectivity index (χ1v) is 27.0. The number of piperidine rings is 1. The van der Waals surface area contributed by atoms with Crippen molar-refractivity contribution in [2.24, 2.45) is 7.05 Å². The molecule has 0 spiro atoms. The zero-order valence-electron chi connectivity index (χ0n) is 42.8. The quantitative estimate of drug-likeness (QED) is 0.0377. The molecule has 2 bridgehead atoms. The number of fused-ring (bicyclic) bond motifs is 6. The molecule has 3 unspecified atom stereocenters. The van der Waals surface area contributed by atoms with E-state index in [1.165, 1.54) is 35.0 Å². The Balaban J connectivity index is 0.665. The van der Waals surface area contributed by atoms with E-state index in [0.717, 1.165) is 108 Å². The van der Waals surface area contributed by atoms with Crippen molar-refractivity contribution in [3.8, 4) is 35.4 Å². The van der Waals surface area contributed by atoms with Gasteiger partial charge in [0.15, 0.2) is 5.82 Å². The van der Waals surface area contributed by atoms with Gasteiger partial charge in [-0.05, 0) is 106 Å². The van der Waals surface area contributed by atoms with Gasteiger partial charge in [0.1, 0.15) is 47.9 Å². The number of carbonyl (C=O) groups is 3. The van der Waals surface area contributed by atoms with E-state index in [1.807, 2.05) is 18.2 Å². The Hall–Kier alpha value is -7.17. The molecule has 0 radical (unpaired) electrons. The molecule has 17 nitrogen and oxygen atoms in total. The maximum absolute atomic E-state index is 17.2. The number of anilines is 1. The molecule has 19 heteroatoms. The van der Waals surface area contributed by atoms with Crippen molar-refractivity contribution in [3.63, 3.8) is 0 Å². The second kappa shape index (κ2) is 21.5. The number of phenols is 1. The number of phenolic OH excluding ortho intramolecular Hbond substituents is 1. The number of aromatic nitrogens is 5. The van der Waals surface area contributed by atoms with Crippen LogP contribution in [0.4, 0.5) is 19.4 Å². The number of para-hydroxylation sites is 1. The zero-order valence-corrected chi connectivity index (χ0v) is 42.8. The van der Waals surface area contributed by atoms with Gasteiger partial charge in [-0.1, -0.05) is 56.2 Å². The summed E-state index contributed by atoms with van der Waals surface area (Å²) in [5, 5.41) is 20.8. The molecular formula is C57H64F2N10O7. The lowest BCUT2D eigenvalue weighted by molar-refractivity contribution is -0.135. The maximum Gasteiger partial charge on any atom is 0.407 e. The molecule has 11 rings (SSSR count). The van der Waals surface area contributed by atoms with Crippen LogP contribution in [-0.2, 0) is 27.8 Å². The standard InChI is InChI=1S/C57H64F2N10O7/c1-3-40-43(58)19-16-35-27-39(70)28-41(47(35)40)49-48(59)50-42(29-61-49)52(67-30-36-17-18-37(31-67)62-36)65-54(64-50)76-33-57-23-12-26-68(57)38(22-24-57)32-75-55(73)60-25-10-8-6-4-5-7-9-13-34-14-11-15-44-51(34)66(2)56(74)69(44)45-20-21-46(71)63-53(45)72/h1,11,14-16,19,27-29,36-38,45,62,70H,4-10,12-13,17-18,20-26,30-33H2,2H3,(H,60,73)(H,63,71,72)/t36?,37?,38-,45?,57-/m0/s1. The van der Waals surface area contributed by atoms with E-state index in [0.29, 0.717) is 48.2 Å². The highest BCUT2D eigenvalue weighted by molar-refractivity contribution is 6.03. The van der Waals surface area contributed by atoms with Crippen molar-refractivity contribution < 1.29 is 37.7 Å². The molecule has 0 saturated carbocycles. The van der Waals surface area contributed by atoms with Gasteiger partial charge in [-0.2, -0.15) is 9.97 Å². The smallest absolute Gasteiger partial charge is 0.407 e. The molecule has 5 fully saturated rings. The first kappa shape index (κ1) is 51.0. The molecule has 3 amide bonds. The number of rotatable bonds is 18. The predicted molar refractivity (Wildman–Crippen MR) is 283 cm³/mol. The van der Waals surface area contributed by atoms with E-state index in [-0.39, 0.29) is 94.4 Å². The molecule has 3 aromatic carbocycles. The van der Waals surface area contributed by atoms with Crippen LogP contribution in [0.15, 0.2) is 53.5 Å². The number of imidazole rings is 1. The predicted octanol–water partition coefficient (Wildman–Crippen LogP) is 7.46. The average Bonchev–Trinajstić information content (AvgIpc) is 4.18. The fraction of sp³-hybridized carbons (Fsp3) is 0.491. The molecular weight excluding hydrogens is 975 g/mol. The molecule has 5 aliphatic heterocycles. The number of nitrogens with one attached hydrogen (secondary N) is 3. The van der Waals surface area contributed by atoms with Crippen LogP contribution >= 0.6 is 0 Å². The summed E-state index contributed by atoms with van der Waals surface area (Å²) in [5.74, 6) is 0.607. The van der Waals surface area contributed by atoms with Gasteiger partial charge in [-0.25, -0.2) is 18.4 Å². The van der Waals surface area contributed by atoms with E-state index in [4.69, 9.17) is 25.9 Å². The number of unbranched alkanes of at least 4 members (excludes halogenated alkanes) is 6. The summed E-state index contributed by atoms with van der Waals surface area (Å²) in [4.78, 5) is 69.3. The molecule has 6 aromatic rings. The highest BCUT2D eigenvalue weighted by atomic mass is 19.1. The van der Waals surface area contributed by atoms with Gasteiger partial charge in [0, 0.05) is 68.4 Å². The van der Waals surface area contributed by atoms with Gasteiger partial charge >= 0.3 is 17.8 Å². The molecule has 5 aliphatic rings. The molecule has 3 aromatic heterocycles. The minimum atomic E-state index is -0.769. The second-order valence-electron chi connectivity index (χ2n) is 21.4. The van der Waals surface area contributed by atoms with E-state index in [1.54, 1.807) is 11.6 Å². The Morgan fingerprint density at radius 3 is 2.55 bits per heavy atom. The third kappa shape index (κ3) is 9.81. The third-order valence-electron chi connectivity index (χ3n) is 16.6. The summed E-state index contributed by atoms with van der Waals surface area (Å²) in [7, 11) is 1.74. The summed E-state index contributed by atoms with van der Waals surface area (Å²) >= 11 is 0. The molecule has 76 heavy (non-hydrogen) atoms. The maximum atomic E-state index is 17.2. The summed E-state index contributed by atoms with van der Waals surface area (Å²) in [6.45, 7) is 3.21. The lowest BCUT2D eigenvalue weighted by Gasteiger charge is -2.35. The fourth-order valence-electron chi connectivity index (χ4n) is 12.9. The Morgan fingerprint density at radius 1 is 0.974 bits per heavy atom. The fourth-order valence-corrected chi connectivity index (χ4v) is 12.9. The van der Waals surface area contributed by atoms with Crippen LogP contribution in [0.2, 0.25) is 0 Å². The first-order valence-electron chi connectivity index (χ1n) is 27.0. The first-order chi connectivity index (χ1) is 36.9. The van der Waals surface area contributed by atoms with E-state index in [2.05, 4.69) is 36.7 Å². The van der Waals surface area contributed by atoms with Crippen LogP contribution in [-0.4, -0.2) is 115 Å². The average molecular weight is 1040 g/mol. The van der Waals surface area contributed by atoms with Crippen molar-refractivity contribution in [2.75, 3.05) is 44.3 Å². The Labute approximate surface area is 438 Å². The highest BCUT2D eigenvalue weighted by Crippen LogP contribution is 2.44. The minimum Gasteiger partial charge on any atom is -0.508 e. The number of amides is 3. The number of aryl methyl sites for hydroxylation is 2. The largest absolute Gasteiger partial charge is 0.508 e. The number of terminal acetylenes is 1. The number of alkyl carbamates (subject to hydrolysis) is 1. The number of pyridine rings is 1. The third-order valence-corrected chi connectivity index (χ3v) is 16.6. The van der Waals surface area contributed by atoms with Crippen LogP contribution < -0.4 is 31.3 Å². The minimum absolute atomic E-state index is 0.00725. The lowest BCUT2D eigenvalue weighted by atomic mass is 9.95. The van der Waals surface area contributed by atoms with E-state index >= 15 is 8.78 Å². The van der Waals surface area contributed by atoms with Crippen LogP contribution in [0.3, 0.4) is 0 Å². The molecule has 8 heterocycles. The van der Waals surface area contributed by atoms with Crippen molar-refractivity contribution in [2.45, 2.75) is 132 Å². The van der Waals surface area contributed by atoms with E-state index in [9.17, 15) is 24.3 Å². The second-order valence-corrected chi connectivity index (χ2v) is 21.4. The van der Waals surface area contributed by atoms with Crippen molar-refractivity contribution in [3.05, 3.63) is 81.9 Å². The summed E-state index contributed by atoms with van der Waals surface area (Å²) in [6, 6.07) is 11.2. The number of carbonyl (C=O) groups excluding carboxylic acids is 3. The monoisotopic (exact) mass is 1040 g/mol. The Kier molecular flexibility index (Phi) is 14.4. The summed E-state index contributed by atoms with van der Waals surface area (Å²) in [5.41, 5.74) is 1.95. The number of hydrogen-bond donors (Lipinski definition) is 4. The normalized spacial score (nSPS) is 22.4. The van der Waals surface area contributed by atoms with Crippen LogP contribution in [0.1, 0.15) is 113 Å². The number of hydrogen-bond acceptors (Lipinski definition) is 13. The number of piperazine rings is 1. The number of imide groups is 1. The van der Waals surface area contributed by atoms with Gasteiger partial charge in [0.25, 0.3) is 0 Å². The number of aromatic hydroxyl groups is 1. The van der Waals surface area contributed by atoms with Crippen LogP contribution in [0.25, 0.3) is 44.0 Å². The van der Waals surface area contributed by atoms with Crippen LogP contribution in [0.5, 0.6) is 11.8 Å². The number of benzene rings is 3. The topological polar surface area (TPSA) is 198 Å². The highest BCUT2D eigenvalue weighted by Gasteiger charge is 2.50. The number of halogens is 2. The number of nitrogens with zero attached hydrogens (tertiary/aromatic N) is 7. The van der Waals surface area contributed by atoms with Crippen molar-refractivity contribution in [1.82, 2.24) is 44.9 Å². The Morgan fingerprint density at radius 2 is 1.76 bits per heavy atom. The van der Waals surface area contributed by atoms with Gasteiger partial charge in [-0.3, -0.25) is 33.9 Å². The van der Waals surface area contributed by atoms with Gasteiger partial charge in [0.2, 0.25) is 11.8 Å². The number of ether oxygens (including phenoxy) is 2. The van der Waals surface area contributed by atoms with Crippen molar-refractivity contribution in [1.29, 1.82) is 0 Å². The van der Waals surface area contributed by atoms with Gasteiger partial charge < -0.3 is 30.1 Å². The molecule has 4 N–H and O–H groups in total. The van der Waals surface area contributed by atoms with Crippen LogP contribution in [0, 0.1) is 24.0 Å². The van der Waals surface area contributed by atoms with Gasteiger partial charge in [0.05, 0.1) is 27.5 Å². The van der Waals surface area contributed by atoms with Crippen molar-refractivity contribution >= 4 is 56.4 Å². The SMILES string of the molecule is C#Cc1c(F)ccc2cc(O)cc(-c3ncc4c(N5CC6CCC(C5)N6)nc(OC[C@@]56CCCN5[C@H](COC(=O)NCCCCCCCCCc5cccc7c5n(C)c(=O)n7C5CCC(=O)NC5=O)CC6)nc4c3F)c12. The van der Waals surface area contributed by atoms with Gasteiger partial charge in [-0.15, -0.1) is 6.42 Å². The molecule has 5 atom stereocenters. The summed E-state index contributed by atoms with van der Waals surface area (Å²) in [6.07, 6.45) is 20.8. The Bertz CT molecular complexity index is 3340. The molecule has 5 saturated heterocycles. The molecule has 398 valence electrons. The van der Waals surface area contributed by atoms with E-state index < -0.39 is 29.7 Å². The summed E-state index contributed by atoms with van der Waals surface area (Å²) < 4.78 is 47.7.